The third-order valence-corrected chi connectivity index (χ3v) is 5.26. The summed E-state index contributed by atoms with van der Waals surface area (Å²) in [5, 5.41) is 7.24. The van der Waals surface area contributed by atoms with Gasteiger partial charge in [-0.05, 0) is 41.8 Å². The Morgan fingerprint density at radius 1 is 1.10 bits per heavy atom. The Morgan fingerprint density at radius 2 is 1.90 bits per heavy atom. The lowest BCUT2D eigenvalue weighted by Crippen LogP contribution is -2.45. The molecule has 2 atom stereocenters. The molecule has 0 radical (unpaired) electrons. The average Bonchev–Trinajstić information content (AvgIpc) is 3.22. The van der Waals surface area contributed by atoms with E-state index in [9.17, 15) is 14.4 Å². The van der Waals surface area contributed by atoms with Crippen molar-refractivity contribution in [2.24, 2.45) is 5.73 Å². The third-order valence-electron chi connectivity index (χ3n) is 5.03. The molecule has 0 saturated heterocycles. The quantitative estimate of drug-likeness (QED) is 0.483. The molecule has 8 heteroatoms. The predicted octanol–water partition coefficient (Wildman–Crippen LogP) is 2.21. The van der Waals surface area contributed by atoms with Crippen molar-refractivity contribution in [1.82, 2.24) is 15.6 Å². The number of nitrogens with one attached hydrogen (secondary N) is 3. The fourth-order valence-corrected chi connectivity index (χ4v) is 3.94. The van der Waals surface area contributed by atoms with Gasteiger partial charge in [-0.15, -0.1) is 0 Å². The summed E-state index contributed by atoms with van der Waals surface area (Å²) >= 11 is 6.01. The second-order valence-corrected chi connectivity index (χ2v) is 7.52. The summed E-state index contributed by atoms with van der Waals surface area (Å²) in [5.41, 5.74) is 8.28. The highest BCUT2D eigenvalue weighted by molar-refractivity contribution is 6.31. The van der Waals surface area contributed by atoms with Crippen molar-refractivity contribution in [1.29, 1.82) is 0 Å². The second-order valence-electron chi connectivity index (χ2n) is 7.09. The zero-order valence-electron chi connectivity index (χ0n) is 15.4. The van der Waals surface area contributed by atoms with Crippen LogP contribution in [0.25, 0.3) is 10.9 Å². The maximum atomic E-state index is 12.9. The number of H-pyrrole nitrogens is 1. The Balaban J connectivity index is 1.56. The Bertz CT molecular complexity index is 1120. The van der Waals surface area contributed by atoms with E-state index in [1.54, 1.807) is 18.2 Å². The van der Waals surface area contributed by atoms with Crippen LogP contribution in [0.1, 0.15) is 34.1 Å². The molecule has 0 fully saturated rings. The van der Waals surface area contributed by atoms with Crippen LogP contribution in [-0.4, -0.2) is 28.7 Å². The van der Waals surface area contributed by atoms with Crippen LogP contribution in [0, 0.1) is 0 Å². The third kappa shape index (κ3) is 3.95. The van der Waals surface area contributed by atoms with Crippen LogP contribution in [0.4, 0.5) is 0 Å². The molecule has 29 heavy (non-hydrogen) atoms. The molecule has 2 aromatic carbocycles. The van der Waals surface area contributed by atoms with E-state index in [1.165, 1.54) is 0 Å². The van der Waals surface area contributed by atoms with Gasteiger partial charge in [0.2, 0.25) is 11.8 Å². The normalized spacial score (nSPS) is 17.7. The molecule has 5 N–H and O–H groups in total. The van der Waals surface area contributed by atoms with Crippen LogP contribution in [0.15, 0.2) is 48.5 Å². The topological polar surface area (TPSA) is 117 Å². The number of carbonyl (C=O) groups is 3. The number of amides is 3. The van der Waals surface area contributed by atoms with E-state index >= 15 is 0 Å². The summed E-state index contributed by atoms with van der Waals surface area (Å²) in [7, 11) is 0. The highest BCUT2D eigenvalue weighted by atomic mass is 35.5. The summed E-state index contributed by atoms with van der Waals surface area (Å²) in [5.74, 6) is -1.46. The van der Waals surface area contributed by atoms with Gasteiger partial charge in [0.15, 0.2) is 0 Å². The molecule has 3 aromatic rings. The highest BCUT2D eigenvalue weighted by Gasteiger charge is 2.34. The molecular formula is C21H19ClN4O3. The van der Waals surface area contributed by atoms with Gasteiger partial charge in [0.1, 0.15) is 12.1 Å². The molecule has 0 saturated carbocycles. The molecule has 3 amide bonds. The fraction of sp³-hybridized carbons (Fsp3) is 0.190. The molecule has 1 aliphatic carbocycles. The minimum Gasteiger partial charge on any atom is -0.369 e. The summed E-state index contributed by atoms with van der Waals surface area (Å²) in [6.07, 6.45) is 0.164. The van der Waals surface area contributed by atoms with Gasteiger partial charge in [-0.25, -0.2) is 0 Å². The molecule has 1 aromatic heterocycles. The lowest BCUT2D eigenvalue weighted by molar-refractivity contribution is -0.128. The lowest BCUT2D eigenvalue weighted by Gasteiger charge is -2.22. The van der Waals surface area contributed by atoms with Crippen LogP contribution in [0.3, 0.4) is 0 Å². The van der Waals surface area contributed by atoms with Crippen LogP contribution in [-0.2, 0) is 16.0 Å². The Kier molecular flexibility index (Phi) is 4.98. The van der Waals surface area contributed by atoms with Crippen LogP contribution in [0.2, 0.25) is 5.02 Å². The minimum atomic E-state index is -0.703. The first-order valence-electron chi connectivity index (χ1n) is 9.15. The molecule has 4 rings (SSSR count). The summed E-state index contributed by atoms with van der Waals surface area (Å²) in [4.78, 5) is 39.1. The SMILES string of the molecule is NC(=O)CC(=O)N[C@@H]1c2ccccc2C[C@H]1NC(=O)c1cc2cc(Cl)ccc2[nH]1. The van der Waals surface area contributed by atoms with E-state index in [-0.39, 0.29) is 11.9 Å². The maximum Gasteiger partial charge on any atom is 0.268 e. The largest absolute Gasteiger partial charge is 0.369 e. The first-order valence-corrected chi connectivity index (χ1v) is 9.53. The van der Waals surface area contributed by atoms with E-state index in [0.717, 1.165) is 22.0 Å². The molecule has 0 aliphatic heterocycles. The van der Waals surface area contributed by atoms with E-state index in [4.69, 9.17) is 17.3 Å². The van der Waals surface area contributed by atoms with Crippen molar-refractivity contribution in [3.63, 3.8) is 0 Å². The van der Waals surface area contributed by atoms with Crippen LogP contribution in [0.5, 0.6) is 0 Å². The molecule has 1 heterocycles. The smallest absolute Gasteiger partial charge is 0.268 e. The molecular weight excluding hydrogens is 392 g/mol. The van der Waals surface area contributed by atoms with Gasteiger partial charge in [-0.1, -0.05) is 35.9 Å². The standard InChI is InChI=1S/C21H19ClN4O3/c22-13-5-6-15-12(7-13)9-17(24-15)21(29)25-16-8-11-3-1-2-4-14(11)20(16)26-19(28)10-18(23)27/h1-7,9,16,20,24H,8,10H2,(H2,23,27)(H,25,29)(H,26,28)/t16-,20-/m1/s1. The van der Waals surface area contributed by atoms with Gasteiger partial charge >= 0.3 is 0 Å². The lowest BCUT2D eigenvalue weighted by atomic mass is 10.1. The van der Waals surface area contributed by atoms with E-state index in [0.29, 0.717) is 17.1 Å². The molecule has 0 bridgehead atoms. The van der Waals surface area contributed by atoms with E-state index in [1.807, 2.05) is 30.3 Å². The number of hydrogen-bond donors (Lipinski definition) is 4. The number of carbonyl (C=O) groups excluding carboxylic acids is 3. The molecule has 0 spiro atoms. The Labute approximate surface area is 171 Å². The highest BCUT2D eigenvalue weighted by Crippen LogP contribution is 2.32. The van der Waals surface area contributed by atoms with Crippen molar-refractivity contribution in [3.05, 3.63) is 70.4 Å². The van der Waals surface area contributed by atoms with E-state index in [2.05, 4.69) is 15.6 Å². The number of hydrogen-bond acceptors (Lipinski definition) is 3. The fourth-order valence-electron chi connectivity index (χ4n) is 3.76. The zero-order chi connectivity index (χ0) is 20.5. The minimum absolute atomic E-state index is 0.288. The van der Waals surface area contributed by atoms with Crippen molar-refractivity contribution in [3.8, 4) is 0 Å². The first kappa shape index (κ1) is 19.0. The summed E-state index contributed by atoms with van der Waals surface area (Å²) in [6.45, 7) is 0. The first-order chi connectivity index (χ1) is 13.9. The zero-order valence-corrected chi connectivity index (χ0v) is 16.1. The monoisotopic (exact) mass is 410 g/mol. The average molecular weight is 411 g/mol. The number of rotatable bonds is 5. The van der Waals surface area contributed by atoms with Gasteiger partial charge < -0.3 is 21.4 Å². The number of fused-ring (bicyclic) bond motifs is 2. The Morgan fingerprint density at radius 3 is 2.69 bits per heavy atom. The maximum absolute atomic E-state index is 12.9. The number of aromatic nitrogens is 1. The Hall–Kier alpha value is -3.32. The predicted molar refractivity (Wildman–Crippen MR) is 109 cm³/mol. The van der Waals surface area contributed by atoms with E-state index < -0.39 is 24.3 Å². The van der Waals surface area contributed by atoms with Gasteiger partial charge in [0.25, 0.3) is 5.91 Å². The molecule has 1 aliphatic rings. The van der Waals surface area contributed by atoms with Gasteiger partial charge in [0, 0.05) is 15.9 Å². The number of halogens is 1. The van der Waals surface area contributed by atoms with Crippen LogP contribution < -0.4 is 16.4 Å². The summed E-state index contributed by atoms with van der Waals surface area (Å²) < 4.78 is 0. The van der Waals surface area contributed by atoms with Gasteiger partial charge in [-0.2, -0.15) is 0 Å². The molecule has 148 valence electrons. The summed E-state index contributed by atoms with van der Waals surface area (Å²) in [6, 6.07) is 13.9. The number of primary amides is 1. The van der Waals surface area contributed by atoms with Crippen molar-refractivity contribution in [2.45, 2.75) is 24.9 Å². The second kappa shape index (κ2) is 7.60. The number of aromatic amines is 1. The van der Waals surface area contributed by atoms with Crippen LogP contribution >= 0.6 is 11.6 Å². The molecule has 0 unspecified atom stereocenters. The molecule has 7 nitrogen and oxygen atoms in total. The number of nitrogens with two attached hydrogens (primary N) is 1. The van der Waals surface area contributed by atoms with Crippen molar-refractivity contribution >= 4 is 40.2 Å². The van der Waals surface area contributed by atoms with Gasteiger partial charge in [0.05, 0.1) is 12.1 Å². The van der Waals surface area contributed by atoms with Crippen molar-refractivity contribution in [2.75, 3.05) is 0 Å². The van der Waals surface area contributed by atoms with Gasteiger partial charge in [-0.3, -0.25) is 14.4 Å². The van der Waals surface area contributed by atoms with Crippen molar-refractivity contribution < 1.29 is 14.4 Å². The number of benzene rings is 2.